The van der Waals surface area contributed by atoms with Crippen LogP contribution in [-0.4, -0.2) is 45.6 Å². The minimum Gasteiger partial charge on any atom is -0.478 e. The Bertz CT molecular complexity index is 1700. The minimum atomic E-state index is -0.930. The van der Waals surface area contributed by atoms with Crippen molar-refractivity contribution < 1.29 is 14.3 Å². The van der Waals surface area contributed by atoms with Gasteiger partial charge in [0.25, 0.3) is 0 Å². The fourth-order valence-corrected chi connectivity index (χ4v) is 6.18. The summed E-state index contributed by atoms with van der Waals surface area (Å²) in [7, 11) is 0. The molecule has 3 heterocycles. The van der Waals surface area contributed by atoms with Gasteiger partial charge < -0.3 is 10.0 Å². The molecule has 0 unspecified atom stereocenters. The predicted octanol–water partition coefficient (Wildman–Crippen LogP) is 8.93. The van der Waals surface area contributed by atoms with Gasteiger partial charge in [-0.3, -0.25) is 14.9 Å². The van der Waals surface area contributed by atoms with E-state index < -0.39 is 5.97 Å². The van der Waals surface area contributed by atoms with Crippen molar-refractivity contribution in [2.24, 2.45) is 5.92 Å². The molecule has 2 aromatic heterocycles. The summed E-state index contributed by atoms with van der Waals surface area (Å²) in [6, 6.07) is 20.5. The third-order valence-electron chi connectivity index (χ3n) is 8.98. The van der Waals surface area contributed by atoms with Gasteiger partial charge in [-0.15, -0.1) is 0 Å². The van der Waals surface area contributed by atoms with E-state index in [1.54, 1.807) is 24.3 Å². The second-order valence-electron chi connectivity index (χ2n) is 12.9. The van der Waals surface area contributed by atoms with Crippen LogP contribution in [0.1, 0.15) is 75.7 Å². The molecule has 2 aromatic carbocycles. The van der Waals surface area contributed by atoms with Gasteiger partial charge in [0, 0.05) is 58.7 Å². The summed E-state index contributed by atoms with van der Waals surface area (Å²) in [5.74, 6) is 0.124. The number of piperidine rings is 1. The van der Waals surface area contributed by atoms with Gasteiger partial charge in [-0.1, -0.05) is 42.4 Å². The molecule has 0 spiro atoms. The Morgan fingerprint density at radius 3 is 2.40 bits per heavy atom. The summed E-state index contributed by atoms with van der Waals surface area (Å²) in [6.07, 6.45) is 7.40. The van der Waals surface area contributed by atoms with Crippen molar-refractivity contribution in [2.75, 3.05) is 24.5 Å². The van der Waals surface area contributed by atoms with Gasteiger partial charge in [-0.05, 0) is 131 Å². The molecule has 4 aromatic rings. The summed E-state index contributed by atoms with van der Waals surface area (Å²) in [4.78, 5) is 25.4. The molecular formula is C39H44ClFN4O2. The highest BCUT2D eigenvalue weighted by Crippen LogP contribution is 2.34. The van der Waals surface area contributed by atoms with Crippen LogP contribution >= 0.6 is 11.6 Å². The third-order valence-corrected chi connectivity index (χ3v) is 9.22. The van der Waals surface area contributed by atoms with Crippen molar-refractivity contribution >= 4 is 23.3 Å². The molecule has 2 fully saturated rings. The second-order valence-corrected chi connectivity index (χ2v) is 13.3. The van der Waals surface area contributed by atoms with Crippen LogP contribution in [0.15, 0.2) is 85.2 Å². The van der Waals surface area contributed by atoms with Crippen LogP contribution in [0.3, 0.4) is 0 Å². The number of likely N-dealkylation sites (tertiary alicyclic amines) is 1. The number of benzene rings is 2. The Hall–Kier alpha value is -4.07. The van der Waals surface area contributed by atoms with Gasteiger partial charge in [0.15, 0.2) is 0 Å². The van der Waals surface area contributed by atoms with Crippen LogP contribution in [0.4, 0.5) is 10.1 Å². The lowest BCUT2D eigenvalue weighted by atomic mass is 9.93. The molecule has 0 radical (unpaired) electrons. The molecule has 47 heavy (non-hydrogen) atoms. The number of carbonyl (C=O) groups is 1. The van der Waals surface area contributed by atoms with E-state index in [0.29, 0.717) is 17.5 Å². The minimum absolute atomic E-state index is 0.158. The Kier molecular flexibility index (Phi) is 11.4. The number of aryl methyl sites for hydroxylation is 3. The van der Waals surface area contributed by atoms with Crippen LogP contribution in [0.25, 0.3) is 0 Å². The lowest BCUT2D eigenvalue weighted by molar-refractivity contribution is 0.0697. The normalized spacial score (nSPS) is 15.1. The fraction of sp³-hybridized carbons (Fsp3) is 0.359. The maximum absolute atomic E-state index is 13.2. The number of carboxylic acid groups (broad SMARTS) is 1. The summed E-state index contributed by atoms with van der Waals surface area (Å²) >= 11 is 5.63. The van der Waals surface area contributed by atoms with Crippen molar-refractivity contribution in [1.29, 1.82) is 0 Å². The van der Waals surface area contributed by atoms with Crippen molar-refractivity contribution in [1.82, 2.24) is 14.9 Å². The van der Waals surface area contributed by atoms with Gasteiger partial charge in [-0.2, -0.15) is 0 Å². The molecule has 0 atom stereocenters. The quantitative estimate of drug-likeness (QED) is 0.184. The van der Waals surface area contributed by atoms with E-state index in [1.165, 1.54) is 24.6 Å². The van der Waals surface area contributed by atoms with Crippen molar-refractivity contribution in [3.63, 3.8) is 0 Å². The number of nitrogens with zero attached hydrogens (tertiary/aromatic N) is 4. The lowest BCUT2D eigenvalue weighted by Gasteiger charge is -2.36. The van der Waals surface area contributed by atoms with Crippen LogP contribution in [0, 0.1) is 32.5 Å². The van der Waals surface area contributed by atoms with Crippen LogP contribution in [0.5, 0.6) is 0 Å². The molecule has 1 saturated heterocycles. The van der Waals surface area contributed by atoms with Crippen molar-refractivity contribution in [3.05, 3.63) is 135 Å². The van der Waals surface area contributed by atoms with E-state index in [9.17, 15) is 14.3 Å². The number of hydrogen-bond acceptors (Lipinski definition) is 5. The zero-order valence-electron chi connectivity index (χ0n) is 27.6. The van der Waals surface area contributed by atoms with E-state index in [2.05, 4.69) is 39.6 Å². The van der Waals surface area contributed by atoms with Crippen LogP contribution in [-0.2, 0) is 13.0 Å². The third kappa shape index (κ3) is 9.72. The van der Waals surface area contributed by atoms with E-state index in [0.717, 1.165) is 84.3 Å². The smallest absolute Gasteiger partial charge is 0.335 e. The SMILES string of the molecule is C=C(CN1CCC(c2cccc(C)n2)CC1)N(Cc1ccc(C)nc1)c1cc(C(=O)O)ccc1C.Fc1cc(Cl)ccc1CC1CC1. The fourth-order valence-electron chi connectivity index (χ4n) is 6.02. The maximum atomic E-state index is 13.2. The number of rotatable bonds is 10. The summed E-state index contributed by atoms with van der Waals surface area (Å²) in [5.41, 5.74) is 8.20. The Labute approximate surface area is 282 Å². The summed E-state index contributed by atoms with van der Waals surface area (Å²) in [6.45, 7) is 13.7. The number of hydrogen-bond donors (Lipinski definition) is 1. The zero-order valence-corrected chi connectivity index (χ0v) is 28.3. The summed E-state index contributed by atoms with van der Waals surface area (Å²) in [5, 5.41) is 10.1. The molecule has 0 amide bonds. The van der Waals surface area contributed by atoms with Gasteiger partial charge in [-0.25, -0.2) is 9.18 Å². The van der Waals surface area contributed by atoms with Crippen molar-refractivity contribution in [3.8, 4) is 0 Å². The van der Waals surface area contributed by atoms with Crippen LogP contribution in [0.2, 0.25) is 5.02 Å². The van der Waals surface area contributed by atoms with E-state index in [1.807, 2.05) is 45.2 Å². The molecule has 1 aliphatic heterocycles. The van der Waals surface area contributed by atoms with Crippen LogP contribution < -0.4 is 4.90 Å². The highest BCUT2D eigenvalue weighted by molar-refractivity contribution is 6.30. The predicted molar refractivity (Wildman–Crippen MR) is 188 cm³/mol. The van der Waals surface area contributed by atoms with E-state index >= 15 is 0 Å². The summed E-state index contributed by atoms with van der Waals surface area (Å²) < 4.78 is 13.2. The van der Waals surface area contributed by atoms with Crippen molar-refractivity contribution in [2.45, 2.75) is 65.3 Å². The molecule has 1 N–H and O–H groups in total. The molecular weight excluding hydrogens is 611 g/mol. The topological polar surface area (TPSA) is 69.6 Å². The average Bonchev–Trinajstić information content (AvgIpc) is 3.87. The van der Waals surface area contributed by atoms with Gasteiger partial charge in [0.2, 0.25) is 0 Å². The average molecular weight is 655 g/mol. The molecule has 2 aliphatic rings. The molecule has 1 aliphatic carbocycles. The number of halogens is 2. The monoisotopic (exact) mass is 654 g/mol. The Morgan fingerprint density at radius 1 is 1.00 bits per heavy atom. The highest BCUT2D eigenvalue weighted by atomic mass is 35.5. The maximum Gasteiger partial charge on any atom is 0.335 e. The molecule has 6 rings (SSSR count). The number of aromatic carboxylic acids is 1. The molecule has 0 bridgehead atoms. The first-order valence-corrected chi connectivity index (χ1v) is 16.7. The number of carboxylic acids is 1. The molecule has 246 valence electrons. The Balaban J connectivity index is 0.000000301. The Morgan fingerprint density at radius 2 is 1.77 bits per heavy atom. The van der Waals surface area contributed by atoms with E-state index in [-0.39, 0.29) is 11.4 Å². The standard InChI is InChI=1S/C29H34N4O2.C10H10ClF/c1-20-8-11-26(29(34)35)16-28(20)33(19-24-10-9-21(2)30-17-24)23(4)18-32-14-12-25(13-15-32)27-7-5-6-22(3)31-27;11-9-4-3-8(10(12)6-9)5-7-1-2-7/h5-11,16-17,25H,4,12-15,18-19H2,1-3H3,(H,34,35);3-4,6-7H,1-2,5H2. The lowest BCUT2D eigenvalue weighted by Crippen LogP contribution is -2.38. The van der Waals surface area contributed by atoms with E-state index in [4.69, 9.17) is 16.6 Å². The van der Waals surface area contributed by atoms with Gasteiger partial charge in [0.1, 0.15) is 5.82 Å². The highest BCUT2D eigenvalue weighted by Gasteiger charge is 2.25. The largest absolute Gasteiger partial charge is 0.478 e. The van der Waals surface area contributed by atoms with Gasteiger partial charge >= 0.3 is 5.97 Å². The second kappa shape index (κ2) is 15.7. The first kappa shape index (κ1) is 34.3. The first-order valence-electron chi connectivity index (χ1n) is 16.4. The van der Waals surface area contributed by atoms with Gasteiger partial charge in [0.05, 0.1) is 5.56 Å². The molecule has 1 saturated carbocycles. The first-order chi connectivity index (χ1) is 22.5. The number of pyridine rings is 2. The molecule has 6 nitrogen and oxygen atoms in total. The number of aromatic nitrogens is 2. The number of anilines is 1. The molecule has 8 heteroatoms. The zero-order chi connectivity index (χ0) is 33.5.